The van der Waals surface area contributed by atoms with Gasteiger partial charge in [0.05, 0.1) is 12.2 Å². The first-order valence-corrected chi connectivity index (χ1v) is 9.56. The quantitative estimate of drug-likeness (QED) is 0.697. The first-order valence-electron chi connectivity index (χ1n) is 8.68. The number of nitrogens with zero attached hydrogens (tertiary/aromatic N) is 2. The number of hydrogen-bond donors (Lipinski definition) is 1. The van der Waals surface area contributed by atoms with Gasteiger partial charge in [-0.1, -0.05) is 60.2 Å². The van der Waals surface area contributed by atoms with E-state index in [2.05, 4.69) is 10.3 Å². The van der Waals surface area contributed by atoms with Gasteiger partial charge in [-0.15, -0.1) is 11.3 Å². The second-order valence-electron chi connectivity index (χ2n) is 6.82. The van der Waals surface area contributed by atoms with Crippen LogP contribution >= 0.6 is 11.3 Å². The van der Waals surface area contributed by atoms with Gasteiger partial charge in [-0.3, -0.25) is 9.69 Å². The van der Waals surface area contributed by atoms with Crippen LogP contribution in [-0.4, -0.2) is 21.8 Å². The molecule has 1 atom stereocenters. The Hall–Kier alpha value is -2.99. The van der Waals surface area contributed by atoms with Crippen molar-refractivity contribution in [1.29, 1.82) is 0 Å². The minimum atomic E-state index is -1.05. The number of thiazole rings is 1. The van der Waals surface area contributed by atoms with E-state index in [-0.39, 0.29) is 12.5 Å². The first-order chi connectivity index (χ1) is 13.0. The third kappa shape index (κ3) is 3.13. The van der Waals surface area contributed by atoms with Crippen molar-refractivity contribution in [3.63, 3.8) is 0 Å². The van der Waals surface area contributed by atoms with Crippen molar-refractivity contribution in [3.8, 4) is 10.6 Å². The number of benzene rings is 2. The van der Waals surface area contributed by atoms with Gasteiger partial charge in [0.25, 0.3) is 5.91 Å². The summed E-state index contributed by atoms with van der Waals surface area (Å²) >= 11 is 1.51. The van der Waals surface area contributed by atoms with Crippen molar-refractivity contribution >= 4 is 23.3 Å². The average molecular weight is 377 g/mol. The molecule has 2 heterocycles. The van der Waals surface area contributed by atoms with Gasteiger partial charge in [-0.05, 0) is 19.4 Å². The van der Waals surface area contributed by atoms with Gasteiger partial charge in [-0.2, -0.15) is 0 Å². The third-order valence-corrected chi connectivity index (χ3v) is 5.74. The molecule has 0 spiro atoms. The van der Waals surface area contributed by atoms with Crippen LogP contribution in [0.5, 0.6) is 0 Å². The normalized spacial score (nSPS) is 19.4. The van der Waals surface area contributed by atoms with Crippen LogP contribution in [0.2, 0.25) is 0 Å². The zero-order valence-corrected chi connectivity index (χ0v) is 15.9. The molecule has 0 unspecified atom stereocenters. The molecule has 5 nitrogen and oxygen atoms in total. The lowest BCUT2D eigenvalue weighted by Gasteiger charge is -2.22. The van der Waals surface area contributed by atoms with Gasteiger partial charge in [0, 0.05) is 10.9 Å². The highest BCUT2D eigenvalue weighted by atomic mass is 32.1. The van der Waals surface area contributed by atoms with Crippen molar-refractivity contribution < 1.29 is 9.59 Å². The molecule has 4 rings (SSSR count). The molecule has 0 radical (unpaired) electrons. The SMILES string of the molecule is Cc1ccc([C@]2(C)NC(=O)N(Cc3csc(-c4ccccc4)n3)C2=O)cc1. The average Bonchev–Trinajstić information content (AvgIpc) is 3.22. The van der Waals surface area contributed by atoms with E-state index in [1.165, 1.54) is 16.2 Å². The number of carbonyl (C=O) groups is 2. The van der Waals surface area contributed by atoms with E-state index < -0.39 is 11.6 Å². The van der Waals surface area contributed by atoms with Gasteiger partial charge >= 0.3 is 6.03 Å². The van der Waals surface area contributed by atoms with Gasteiger partial charge in [0.15, 0.2) is 0 Å². The molecular weight excluding hydrogens is 358 g/mol. The summed E-state index contributed by atoms with van der Waals surface area (Å²) in [7, 11) is 0. The molecular formula is C21H19N3O2S. The van der Waals surface area contributed by atoms with Crippen LogP contribution in [0.25, 0.3) is 10.6 Å². The molecule has 1 fully saturated rings. The fourth-order valence-corrected chi connectivity index (χ4v) is 4.00. The summed E-state index contributed by atoms with van der Waals surface area (Å²) in [4.78, 5) is 31.3. The number of aryl methyl sites for hydroxylation is 1. The molecule has 2 aromatic carbocycles. The molecule has 1 aromatic heterocycles. The second-order valence-corrected chi connectivity index (χ2v) is 7.68. The van der Waals surface area contributed by atoms with Crippen molar-refractivity contribution in [3.05, 3.63) is 76.8 Å². The van der Waals surface area contributed by atoms with Crippen LogP contribution in [0, 0.1) is 6.92 Å². The van der Waals surface area contributed by atoms with Crippen molar-refractivity contribution in [2.24, 2.45) is 0 Å². The van der Waals surface area contributed by atoms with E-state index >= 15 is 0 Å². The van der Waals surface area contributed by atoms with Gasteiger partial charge in [-0.25, -0.2) is 9.78 Å². The summed E-state index contributed by atoms with van der Waals surface area (Å²) < 4.78 is 0. The topological polar surface area (TPSA) is 62.3 Å². The number of carbonyl (C=O) groups excluding carboxylic acids is 2. The predicted octanol–water partition coefficient (Wildman–Crippen LogP) is 4.09. The smallest absolute Gasteiger partial charge is 0.319 e. The Bertz CT molecular complexity index is 998. The van der Waals surface area contributed by atoms with Crippen LogP contribution in [-0.2, 0) is 16.9 Å². The molecule has 1 aliphatic rings. The lowest BCUT2D eigenvalue weighted by molar-refractivity contribution is -0.131. The van der Waals surface area contributed by atoms with E-state index in [9.17, 15) is 9.59 Å². The van der Waals surface area contributed by atoms with E-state index in [1.54, 1.807) is 6.92 Å². The van der Waals surface area contributed by atoms with E-state index in [0.717, 1.165) is 21.7 Å². The maximum Gasteiger partial charge on any atom is 0.325 e. The van der Waals surface area contributed by atoms with Gasteiger partial charge < -0.3 is 5.32 Å². The Kier molecular flexibility index (Phi) is 4.28. The molecule has 1 N–H and O–H groups in total. The fourth-order valence-electron chi connectivity index (χ4n) is 3.18. The minimum Gasteiger partial charge on any atom is -0.319 e. The van der Waals surface area contributed by atoms with Crippen LogP contribution < -0.4 is 5.32 Å². The summed E-state index contributed by atoms with van der Waals surface area (Å²) in [5.74, 6) is -0.259. The molecule has 136 valence electrons. The monoisotopic (exact) mass is 377 g/mol. The van der Waals surface area contributed by atoms with E-state index in [0.29, 0.717) is 5.69 Å². The lowest BCUT2D eigenvalue weighted by atomic mass is 9.91. The summed E-state index contributed by atoms with van der Waals surface area (Å²) in [6.07, 6.45) is 0. The molecule has 3 amide bonds. The van der Waals surface area contributed by atoms with Crippen molar-refractivity contribution in [2.75, 3.05) is 0 Å². The summed E-state index contributed by atoms with van der Waals surface area (Å²) in [5, 5.41) is 5.60. The summed E-state index contributed by atoms with van der Waals surface area (Å²) in [5.41, 5.74) is 2.55. The number of amides is 3. The number of nitrogens with one attached hydrogen (secondary N) is 1. The maximum atomic E-state index is 13.0. The Balaban J connectivity index is 1.56. The van der Waals surface area contributed by atoms with Crippen molar-refractivity contribution in [2.45, 2.75) is 25.9 Å². The second kappa shape index (κ2) is 6.63. The molecule has 6 heteroatoms. The predicted molar refractivity (Wildman–Crippen MR) is 105 cm³/mol. The Morgan fingerprint density at radius 2 is 1.78 bits per heavy atom. The highest BCUT2D eigenvalue weighted by molar-refractivity contribution is 7.13. The standard InChI is InChI=1S/C21H19N3O2S/c1-14-8-10-16(11-9-14)21(2)19(25)24(20(26)23-21)12-17-13-27-18(22-17)15-6-4-3-5-7-15/h3-11,13H,12H2,1-2H3,(H,23,26)/t21-/m0/s1. The Morgan fingerprint density at radius 3 is 2.48 bits per heavy atom. The zero-order valence-electron chi connectivity index (χ0n) is 15.1. The number of aromatic nitrogens is 1. The zero-order chi connectivity index (χ0) is 19.0. The number of rotatable bonds is 4. The highest BCUT2D eigenvalue weighted by Crippen LogP contribution is 2.31. The fraction of sp³-hybridized carbons (Fsp3) is 0.190. The molecule has 0 saturated carbocycles. The van der Waals surface area contributed by atoms with Gasteiger partial charge in [0.1, 0.15) is 10.5 Å². The first kappa shape index (κ1) is 17.4. The largest absolute Gasteiger partial charge is 0.325 e. The summed E-state index contributed by atoms with van der Waals surface area (Å²) in [6.45, 7) is 3.89. The van der Waals surface area contributed by atoms with Gasteiger partial charge in [0.2, 0.25) is 0 Å². The van der Waals surface area contributed by atoms with Crippen LogP contribution in [0.15, 0.2) is 60.0 Å². The Labute approximate surface area is 161 Å². The van der Waals surface area contributed by atoms with Crippen LogP contribution in [0.4, 0.5) is 4.79 Å². The third-order valence-electron chi connectivity index (χ3n) is 4.80. The molecule has 0 aliphatic carbocycles. The number of hydrogen-bond acceptors (Lipinski definition) is 4. The number of urea groups is 1. The molecule has 1 saturated heterocycles. The molecule has 3 aromatic rings. The van der Waals surface area contributed by atoms with Crippen LogP contribution in [0.1, 0.15) is 23.7 Å². The minimum absolute atomic E-state index is 0.162. The maximum absolute atomic E-state index is 13.0. The van der Waals surface area contributed by atoms with E-state index in [1.807, 2.05) is 66.9 Å². The highest BCUT2D eigenvalue weighted by Gasteiger charge is 2.49. The Morgan fingerprint density at radius 1 is 1.07 bits per heavy atom. The van der Waals surface area contributed by atoms with Crippen molar-refractivity contribution in [1.82, 2.24) is 15.2 Å². The molecule has 0 bridgehead atoms. The molecule has 27 heavy (non-hydrogen) atoms. The van der Waals surface area contributed by atoms with E-state index in [4.69, 9.17) is 0 Å². The number of imide groups is 1. The van der Waals surface area contributed by atoms with Crippen LogP contribution in [0.3, 0.4) is 0 Å². The summed E-state index contributed by atoms with van der Waals surface area (Å²) in [6, 6.07) is 17.1. The molecule has 1 aliphatic heterocycles. The lowest BCUT2D eigenvalue weighted by Crippen LogP contribution is -2.40.